The lowest BCUT2D eigenvalue weighted by Crippen LogP contribution is -2.40. The molecule has 28 heavy (non-hydrogen) atoms. The van der Waals surface area contributed by atoms with Crippen LogP contribution in [0.4, 0.5) is 5.69 Å². The zero-order valence-electron chi connectivity index (χ0n) is 17.4. The van der Waals surface area contributed by atoms with Crippen molar-refractivity contribution < 1.29 is 9.59 Å². The lowest BCUT2D eigenvalue weighted by molar-refractivity contribution is -0.123. The minimum absolute atomic E-state index is 0.00442. The van der Waals surface area contributed by atoms with Crippen molar-refractivity contribution in [2.45, 2.75) is 83.7 Å². The van der Waals surface area contributed by atoms with Crippen molar-refractivity contribution in [2.24, 2.45) is 0 Å². The predicted molar refractivity (Wildman–Crippen MR) is 113 cm³/mol. The van der Waals surface area contributed by atoms with Crippen molar-refractivity contribution >= 4 is 17.5 Å². The Balaban J connectivity index is 1.46. The Morgan fingerprint density at radius 1 is 1.00 bits per heavy atom. The molecule has 2 aliphatic rings. The van der Waals surface area contributed by atoms with Crippen LogP contribution >= 0.6 is 0 Å². The number of rotatable bonds is 8. The Labute approximate surface area is 169 Å². The molecule has 0 radical (unpaired) electrons. The first-order valence-corrected chi connectivity index (χ1v) is 10.9. The van der Waals surface area contributed by atoms with Gasteiger partial charge in [-0.15, -0.1) is 0 Å². The van der Waals surface area contributed by atoms with Gasteiger partial charge in [-0.25, -0.2) is 0 Å². The average molecular weight is 386 g/mol. The highest BCUT2D eigenvalue weighted by Crippen LogP contribution is 2.27. The number of benzene rings is 1. The molecule has 2 saturated carbocycles. The van der Waals surface area contributed by atoms with Crippen molar-refractivity contribution in [2.75, 3.05) is 18.4 Å². The second kappa shape index (κ2) is 10.1. The first-order chi connectivity index (χ1) is 13.5. The highest BCUT2D eigenvalue weighted by atomic mass is 16.2. The highest BCUT2D eigenvalue weighted by Gasteiger charge is 2.30. The zero-order valence-corrected chi connectivity index (χ0v) is 17.4. The van der Waals surface area contributed by atoms with Crippen LogP contribution in [0.1, 0.15) is 68.9 Å². The molecule has 2 aliphatic carbocycles. The van der Waals surface area contributed by atoms with E-state index in [0.29, 0.717) is 31.6 Å². The molecule has 0 aromatic heterocycles. The molecule has 154 valence electrons. The van der Waals surface area contributed by atoms with E-state index in [1.165, 1.54) is 25.7 Å². The quantitative estimate of drug-likeness (QED) is 0.667. The zero-order chi connectivity index (χ0) is 19.9. The second-order valence-corrected chi connectivity index (χ2v) is 8.57. The number of hydrogen-bond donors (Lipinski definition) is 2. The summed E-state index contributed by atoms with van der Waals surface area (Å²) >= 11 is 0. The molecular formula is C23H35N3O2. The minimum Gasteiger partial charge on any atom is -0.353 e. The van der Waals surface area contributed by atoms with Gasteiger partial charge in [0.1, 0.15) is 0 Å². The van der Waals surface area contributed by atoms with E-state index in [0.717, 1.165) is 42.5 Å². The van der Waals surface area contributed by atoms with Crippen LogP contribution in [0.2, 0.25) is 0 Å². The molecule has 5 heteroatoms. The van der Waals surface area contributed by atoms with Gasteiger partial charge in [-0.1, -0.05) is 37.8 Å². The highest BCUT2D eigenvalue weighted by molar-refractivity contribution is 5.93. The fourth-order valence-corrected chi connectivity index (χ4v) is 4.04. The Morgan fingerprint density at radius 2 is 1.71 bits per heavy atom. The normalized spacial score (nSPS) is 18.0. The molecule has 0 unspecified atom stereocenters. The summed E-state index contributed by atoms with van der Waals surface area (Å²) in [6.07, 6.45) is 9.96. The number of anilines is 1. The number of amides is 2. The van der Waals surface area contributed by atoms with Gasteiger partial charge in [-0.3, -0.25) is 14.5 Å². The molecule has 2 N–H and O–H groups in total. The van der Waals surface area contributed by atoms with Crippen LogP contribution in [0.3, 0.4) is 0 Å². The Kier molecular flexibility index (Phi) is 7.49. The van der Waals surface area contributed by atoms with Gasteiger partial charge in [0.05, 0.1) is 6.54 Å². The van der Waals surface area contributed by atoms with E-state index in [9.17, 15) is 9.59 Å². The molecule has 0 atom stereocenters. The first-order valence-electron chi connectivity index (χ1n) is 10.9. The van der Waals surface area contributed by atoms with E-state index in [1.54, 1.807) is 0 Å². The van der Waals surface area contributed by atoms with Gasteiger partial charge in [0.25, 0.3) is 0 Å². The van der Waals surface area contributed by atoms with Crippen molar-refractivity contribution in [1.82, 2.24) is 10.2 Å². The van der Waals surface area contributed by atoms with Gasteiger partial charge in [0.15, 0.2) is 0 Å². The van der Waals surface area contributed by atoms with Crippen LogP contribution in [0.5, 0.6) is 0 Å². The average Bonchev–Trinajstić information content (AvgIpc) is 3.49. The Bertz CT molecular complexity index is 676. The van der Waals surface area contributed by atoms with Crippen LogP contribution in [0.15, 0.2) is 18.2 Å². The van der Waals surface area contributed by atoms with E-state index in [1.807, 2.05) is 32.0 Å². The van der Waals surface area contributed by atoms with Crippen LogP contribution in [0, 0.1) is 13.8 Å². The molecule has 2 amide bonds. The molecule has 3 rings (SSSR count). The lowest BCUT2D eigenvalue weighted by atomic mass is 10.1. The SMILES string of the molecule is Cc1ccc(C)c(NC(=O)CN(CCC(=O)NC2CCCCCC2)C2CC2)c1. The third kappa shape index (κ3) is 6.62. The van der Waals surface area contributed by atoms with Gasteiger partial charge in [-0.05, 0) is 56.7 Å². The summed E-state index contributed by atoms with van der Waals surface area (Å²) in [6.45, 7) is 5.04. The van der Waals surface area contributed by atoms with Crippen molar-refractivity contribution in [3.8, 4) is 0 Å². The van der Waals surface area contributed by atoms with E-state index in [4.69, 9.17) is 0 Å². The van der Waals surface area contributed by atoms with Gasteiger partial charge in [0.2, 0.25) is 11.8 Å². The molecule has 0 aliphatic heterocycles. The predicted octanol–water partition coefficient (Wildman–Crippen LogP) is 3.94. The topological polar surface area (TPSA) is 61.4 Å². The van der Waals surface area contributed by atoms with E-state index >= 15 is 0 Å². The first kappa shape index (κ1) is 20.8. The minimum atomic E-state index is 0.00442. The van der Waals surface area contributed by atoms with Crippen molar-refractivity contribution in [3.05, 3.63) is 29.3 Å². The van der Waals surface area contributed by atoms with E-state index in [2.05, 4.69) is 15.5 Å². The number of carbonyl (C=O) groups is 2. The summed E-state index contributed by atoms with van der Waals surface area (Å²) in [5, 5.41) is 6.26. The number of aryl methyl sites for hydroxylation is 2. The Hall–Kier alpha value is -1.88. The maximum absolute atomic E-state index is 12.6. The number of nitrogens with one attached hydrogen (secondary N) is 2. The molecule has 0 heterocycles. The summed E-state index contributed by atoms with van der Waals surface area (Å²) in [5.41, 5.74) is 3.08. The monoisotopic (exact) mass is 385 g/mol. The third-order valence-electron chi connectivity index (χ3n) is 5.92. The summed E-state index contributed by atoms with van der Waals surface area (Å²) in [5.74, 6) is 0.136. The summed E-state index contributed by atoms with van der Waals surface area (Å²) in [7, 11) is 0. The van der Waals surface area contributed by atoms with Crippen molar-refractivity contribution in [1.29, 1.82) is 0 Å². The molecule has 5 nitrogen and oxygen atoms in total. The summed E-state index contributed by atoms with van der Waals surface area (Å²) in [4.78, 5) is 27.1. The maximum Gasteiger partial charge on any atom is 0.238 e. The third-order valence-corrected chi connectivity index (χ3v) is 5.92. The van der Waals surface area contributed by atoms with Gasteiger partial charge in [0, 0.05) is 30.7 Å². The number of hydrogen-bond acceptors (Lipinski definition) is 3. The molecule has 1 aromatic rings. The lowest BCUT2D eigenvalue weighted by Gasteiger charge is -2.22. The molecule has 2 fully saturated rings. The molecule has 0 bridgehead atoms. The fraction of sp³-hybridized carbons (Fsp3) is 0.652. The standard InChI is InChI=1S/C23H35N3O2/c1-17-9-10-18(2)21(15-17)25-23(28)16-26(20-11-12-20)14-13-22(27)24-19-7-5-3-4-6-8-19/h9-10,15,19-20H,3-8,11-14,16H2,1-2H3,(H,24,27)(H,25,28). The van der Waals surface area contributed by atoms with E-state index < -0.39 is 0 Å². The molecule has 1 aromatic carbocycles. The number of nitrogens with zero attached hydrogens (tertiary/aromatic N) is 1. The summed E-state index contributed by atoms with van der Waals surface area (Å²) < 4.78 is 0. The van der Waals surface area contributed by atoms with Gasteiger partial charge in [-0.2, -0.15) is 0 Å². The van der Waals surface area contributed by atoms with E-state index in [-0.39, 0.29) is 11.8 Å². The summed E-state index contributed by atoms with van der Waals surface area (Å²) in [6, 6.07) is 6.89. The molecular weight excluding hydrogens is 350 g/mol. The van der Waals surface area contributed by atoms with Gasteiger partial charge >= 0.3 is 0 Å². The molecule has 0 saturated heterocycles. The largest absolute Gasteiger partial charge is 0.353 e. The van der Waals surface area contributed by atoms with Gasteiger partial charge < -0.3 is 10.6 Å². The van der Waals surface area contributed by atoms with Crippen molar-refractivity contribution in [3.63, 3.8) is 0 Å². The number of carbonyl (C=O) groups excluding carboxylic acids is 2. The Morgan fingerprint density at radius 3 is 2.39 bits per heavy atom. The van der Waals surface area contributed by atoms with Crippen LogP contribution < -0.4 is 10.6 Å². The van der Waals surface area contributed by atoms with Crippen LogP contribution in [-0.2, 0) is 9.59 Å². The molecule has 0 spiro atoms. The van der Waals surface area contributed by atoms with Crippen LogP contribution in [-0.4, -0.2) is 41.9 Å². The maximum atomic E-state index is 12.6. The van der Waals surface area contributed by atoms with Crippen LogP contribution in [0.25, 0.3) is 0 Å². The second-order valence-electron chi connectivity index (χ2n) is 8.57. The fourth-order valence-electron chi connectivity index (χ4n) is 4.04. The smallest absolute Gasteiger partial charge is 0.238 e.